The van der Waals surface area contributed by atoms with Crippen LogP contribution in [0.2, 0.25) is 0 Å². The molecule has 0 spiro atoms. The Morgan fingerprint density at radius 3 is 1.97 bits per heavy atom. The summed E-state index contributed by atoms with van der Waals surface area (Å²) in [5.41, 5.74) is 1.23. The molecule has 0 aliphatic rings. The lowest BCUT2D eigenvalue weighted by molar-refractivity contribution is 0.0951. The Bertz CT molecular complexity index is 1110. The van der Waals surface area contributed by atoms with Crippen LogP contribution in [0.4, 0.5) is 4.39 Å². The topological polar surface area (TPSA) is 75.7 Å². The van der Waals surface area contributed by atoms with Crippen LogP contribution < -0.4 is 10.1 Å². The van der Waals surface area contributed by atoms with E-state index in [9.17, 15) is 17.6 Å². The zero-order valence-corrected chi connectivity index (χ0v) is 17.3. The fraction of sp³-hybridized carbons (Fsp3) is 0.136. The standard InChI is InChI=1S/C22H21FN2O4S/c1-25(2)30(27,28)21-13-5-17(6-14-21)22(26)24-15-16-3-9-19(10-4-16)29-20-11-7-18(23)8-12-20/h3-14H,15H2,1-2H3,(H,24,26). The molecule has 0 unspecified atom stereocenters. The number of carbonyl (C=O) groups is 1. The number of benzene rings is 3. The van der Waals surface area contributed by atoms with Crippen molar-refractivity contribution in [3.63, 3.8) is 0 Å². The van der Waals surface area contributed by atoms with Crippen molar-refractivity contribution in [3.8, 4) is 11.5 Å². The molecule has 0 bridgehead atoms. The average Bonchev–Trinajstić information content (AvgIpc) is 2.74. The Morgan fingerprint density at radius 1 is 0.900 bits per heavy atom. The molecule has 0 aliphatic carbocycles. The van der Waals surface area contributed by atoms with E-state index >= 15 is 0 Å². The maximum absolute atomic E-state index is 12.9. The first-order chi connectivity index (χ1) is 14.3. The van der Waals surface area contributed by atoms with Crippen LogP contribution in [0.3, 0.4) is 0 Å². The van der Waals surface area contributed by atoms with E-state index in [0.717, 1.165) is 9.87 Å². The molecule has 3 aromatic rings. The number of nitrogens with zero attached hydrogens (tertiary/aromatic N) is 1. The third-order valence-electron chi connectivity index (χ3n) is 4.32. The highest BCUT2D eigenvalue weighted by Crippen LogP contribution is 2.22. The van der Waals surface area contributed by atoms with Gasteiger partial charge < -0.3 is 10.1 Å². The largest absolute Gasteiger partial charge is 0.457 e. The van der Waals surface area contributed by atoms with Crippen LogP contribution in [-0.2, 0) is 16.6 Å². The van der Waals surface area contributed by atoms with Gasteiger partial charge >= 0.3 is 0 Å². The summed E-state index contributed by atoms with van der Waals surface area (Å²) in [6, 6.07) is 18.6. The van der Waals surface area contributed by atoms with Crippen molar-refractivity contribution >= 4 is 15.9 Å². The van der Waals surface area contributed by atoms with Gasteiger partial charge in [-0.3, -0.25) is 4.79 Å². The molecule has 30 heavy (non-hydrogen) atoms. The van der Waals surface area contributed by atoms with Crippen molar-refractivity contribution in [3.05, 3.63) is 89.7 Å². The van der Waals surface area contributed by atoms with Crippen molar-refractivity contribution in [1.82, 2.24) is 9.62 Å². The molecule has 0 saturated carbocycles. The monoisotopic (exact) mass is 428 g/mol. The summed E-state index contributed by atoms with van der Waals surface area (Å²) in [6.45, 7) is 0.299. The van der Waals surface area contributed by atoms with Gasteiger partial charge in [-0.25, -0.2) is 17.1 Å². The van der Waals surface area contributed by atoms with Crippen LogP contribution in [0.25, 0.3) is 0 Å². The zero-order chi connectivity index (χ0) is 21.7. The lowest BCUT2D eigenvalue weighted by Crippen LogP contribution is -2.24. The summed E-state index contributed by atoms with van der Waals surface area (Å²) in [5, 5.41) is 2.79. The van der Waals surface area contributed by atoms with Gasteiger partial charge in [-0.15, -0.1) is 0 Å². The Balaban J connectivity index is 1.57. The van der Waals surface area contributed by atoms with Crippen molar-refractivity contribution in [1.29, 1.82) is 0 Å². The highest BCUT2D eigenvalue weighted by Gasteiger charge is 2.17. The molecular weight excluding hydrogens is 407 g/mol. The van der Waals surface area contributed by atoms with E-state index in [1.54, 1.807) is 24.3 Å². The molecule has 8 heteroatoms. The molecule has 0 aromatic heterocycles. The minimum atomic E-state index is -3.53. The number of nitrogens with one attached hydrogen (secondary N) is 1. The van der Waals surface area contributed by atoms with Crippen LogP contribution in [-0.4, -0.2) is 32.7 Å². The fourth-order valence-electron chi connectivity index (χ4n) is 2.59. The minimum absolute atomic E-state index is 0.126. The number of halogens is 1. The number of rotatable bonds is 7. The molecule has 0 saturated heterocycles. The first-order valence-electron chi connectivity index (χ1n) is 9.09. The summed E-state index contributed by atoms with van der Waals surface area (Å²) in [7, 11) is -0.632. The van der Waals surface area contributed by atoms with E-state index in [1.807, 2.05) is 12.1 Å². The molecule has 6 nitrogen and oxygen atoms in total. The molecule has 3 aromatic carbocycles. The second kappa shape index (κ2) is 9.06. The molecule has 0 heterocycles. The summed E-state index contributed by atoms with van der Waals surface area (Å²) >= 11 is 0. The van der Waals surface area contributed by atoms with Gasteiger partial charge in [0.05, 0.1) is 4.90 Å². The molecule has 1 amide bonds. The lowest BCUT2D eigenvalue weighted by Gasteiger charge is -2.12. The molecule has 0 fully saturated rings. The van der Waals surface area contributed by atoms with Gasteiger partial charge in [-0.2, -0.15) is 0 Å². The fourth-order valence-corrected chi connectivity index (χ4v) is 3.49. The van der Waals surface area contributed by atoms with Gasteiger partial charge in [-0.1, -0.05) is 12.1 Å². The summed E-state index contributed by atoms with van der Waals surface area (Å²) in [5.74, 6) is 0.476. The van der Waals surface area contributed by atoms with Crippen molar-refractivity contribution in [2.75, 3.05) is 14.1 Å². The summed E-state index contributed by atoms with van der Waals surface area (Å²) in [4.78, 5) is 12.4. The SMILES string of the molecule is CN(C)S(=O)(=O)c1ccc(C(=O)NCc2ccc(Oc3ccc(F)cc3)cc2)cc1. The molecule has 0 aliphatic heterocycles. The van der Waals surface area contributed by atoms with Crippen LogP contribution >= 0.6 is 0 Å². The molecule has 0 radical (unpaired) electrons. The summed E-state index contributed by atoms with van der Waals surface area (Å²) in [6.07, 6.45) is 0. The van der Waals surface area contributed by atoms with E-state index in [1.165, 1.54) is 50.5 Å². The van der Waals surface area contributed by atoms with Gasteiger partial charge in [0.25, 0.3) is 5.91 Å². The van der Waals surface area contributed by atoms with E-state index in [-0.39, 0.29) is 16.6 Å². The van der Waals surface area contributed by atoms with Gasteiger partial charge in [0, 0.05) is 26.2 Å². The number of amides is 1. The normalized spacial score (nSPS) is 11.3. The first-order valence-corrected chi connectivity index (χ1v) is 10.5. The van der Waals surface area contributed by atoms with E-state index in [0.29, 0.717) is 23.6 Å². The molecule has 156 valence electrons. The first kappa shape index (κ1) is 21.5. The van der Waals surface area contributed by atoms with Gasteiger partial charge in [0.15, 0.2) is 0 Å². The van der Waals surface area contributed by atoms with Crippen LogP contribution in [0.1, 0.15) is 15.9 Å². The average molecular weight is 428 g/mol. The van der Waals surface area contributed by atoms with Crippen LogP contribution in [0.15, 0.2) is 77.7 Å². The summed E-state index contributed by atoms with van der Waals surface area (Å²) < 4.78 is 43.8. The third-order valence-corrected chi connectivity index (χ3v) is 6.15. The molecule has 0 atom stereocenters. The maximum Gasteiger partial charge on any atom is 0.251 e. The van der Waals surface area contributed by atoms with Crippen molar-refractivity contribution < 1.29 is 22.3 Å². The van der Waals surface area contributed by atoms with Gasteiger partial charge in [-0.05, 0) is 66.2 Å². The Kier molecular flexibility index (Phi) is 6.49. The van der Waals surface area contributed by atoms with Gasteiger partial charge in [0.2, 0.25) is 10.0 Å². The highest BCUT2D eigenvalue weighted by molar-refractivity contribution is 7.89. The Hall–Kier alpha value is -3.23. The number of carbonyl (C=O) groups excluding carboxylic acids is 1. The van der Waals surface area contributed by atoms with Crippen molar-refractivity contribution in [2.24, 2.45) is 0 Å². The Morgan fingerprint density at radius 2 is 1.43 bits per heavy atom. The number of sulfonamides is 1. The predicted octanol–water partition coefficient (Wildman–Crippen LogP) is 3.80. The molecular formula is C22H21FN2O4S. The van der Waals surface area contributed by atoms with Crippen molar-refractivity contribution in [2.45, 2.75) is 11.4 Å². The van der Waals surface area contributed by atoms with Gasteiger partial charge in [0.1, 0.15) is 17.3 Å². The smallest absolute Gasteiger partial charge is 0.251 e. The second-order valence-corrected chi connectivity index (χ2v) is 8.85. The third kappa shape index (κ3) is 5.22. The molecule has 3 rings (SSSR count). The number of ether oxygens (including phenoxy) is 1. The maximum atomic E-state index is 12.9. The predicted molar refractivity (Wildman–Crippen MR) is 111 cm³/mol. The second-order valence-electron chi connectivity index (χ2n) is 6.69. The van der Waals surface area contributed by atoms with Crippen LogP contribution in [0.5, 0.6) is 11.5 Å². The lowest BCUT2D eigenvalue weighted by atomic mass is 10.2. The molecule has 1 N–H and O–H groups in total. The zero-order valence-electron chi connectivity index (χ0n) is 16.5. The van der Waals surface area contributed by atoms with E-state index in [4.69, 9.17) is 4.74 Å². The highest BCUT2D eigenvalue weighted by atomic mass is 32.2. The van der Waals surface area contributed by atoms with Crippen LogP contribution in [0, 0.1) is 5.82 Å². The Labute approximate surface area is 175 Å². The number of hydrogen-bond acceptors (Lipinski definition) is 4. The quantitative estimate of drug-likeness (QED) is 0.621. The number of hydrogen-bond donors (Lipinski definition) is 1. The van der Waals surface area contributed by atoms with E-state index in [2.05, 4.69) is 5.32 Å². The minimum Gasteiger partial charge on any atom is -0.457 e. The van der Waals surface area contributed by atoms with E-state index < -0.39 is 10.0 Å².